The first-order chi connectivity index (χ1) is 8.72. The van der Waals surface area contributed by atoms with Crippen molar-refractivity contribution in [2.45, 2.75) is 18.2 Å². The lowest BCUT2D eigenvalue weighted by atomic mass is 10.1. The number of hydrogen-bond donors (Lipinski definition) is 0. The maximum absolute atomic E-state index is 5.93. The van der Waals surface area contributed by atoms with E-state index in [-0.39, 0.29) is 0 Å². The molecule has 0 fully saturated rings. The zero-order chi connectivity index (χ0) is 13.0. The smallest absolute Gasteiger partial charge is 0.167 e. The highest BCUT2D eigenvalue weighted by Gasteiger charge is 2.13. The standard InChI is InChI=1S/C12H12Cl2N4/c1-2-9-5-3-4-6-10(9)17-12(11(13)14)18-8-15-7-16-18/h3-8,11H,2H2,1H3. The molecule has 0 bridgehead atoms. The maximum atomic E-state index is 5.93. The summed E-state index contributed by atoms with van der Waals surface area (Å²) in [5, 5.41) is 4.00. The molecule has 0 aliphatic carbocycles. The molecule has 6 heteroatoms. The summed E-state index contributed by atoms with van der Waals surface area (Å²) in [7, 11) is 0. The molecule has 0 spiro atoms. The summed E-state index contributed by atoms with van der Waals surface area (Å²) in [4.78, 5) is 7.58. The Balaban J connectivity index is 2.45. The minimum atomic E-state index is -0.767. The van der Waals surface area contributed by atoms with Gasteiger partial charge in [0, 0.05) is 0 Å². The number of nitrogens with zero attached hydrogens (tertiary/aromatic N) is 4. The molecule has 0 aliphatic rings. The predicted octanol–water partition coefficient (Wildman–Crippen LogP) is 3.22. The molecule has 0 atom stereocenters. The minimum Gasteiger partial charge on any atom is -0.230 e. The fraction of sp³-hybridized carbons (Fsp3) is 0.250. The van der Waals surface area contributed by atoms with Gasteiger partial charge in [-0.05, 0) is 18.1 Å². The molecule has 1 aromatic carbocycles. The minimum absolute atomic E-state index is 0.441. The molecule has 2 rings (SSSR count). The third-order valence-corrected chi connectivity index (χ3v) is 2.85. The summed E-state index contributed by atoms with van der Waals surface area (Å²) in [6.07, 6.45) is 3.82. The third kappa shape index (κ3) is 2.89. The number of alkyl halides is 2. The van der Waals surface area contributed by atoms with Crippen molar-refractivity contribution in [3.63, 3.8) is 0 Å². The van der Waals surface area contributed by atoms with Crippen LogP contribution in [0.15, 0.2) is 41.9 Å². The Morgan fingerprint density at radius 2 is 2.17 bits per heavy atom. The molecule has 0 radical (unpaired) electrons. The van der Waals surface area contributed by atoms with E-state index in [4.69, 9.17) is 23.2 Å². The van der Waals surface area contributed by atoms with E-state index < -0.39 is 4.84 Å². The first kappa shape index (κ1) is 13.1. The molecule has 0 saturated heterocycles. The average Bonchev–Trinajstić information content (AvgIpc) is 2.89. The van der Waals surface area contributed by atoms with Gasteiger partial charge in [-0.3, -0.25) is 0 Å². The lowest BCUT2D eigenvalue weighted by molar-refractivity contribution is 0.920. The molecule has 94 valence electrons. The van der Waals surface area contributed by atoms with Crippen molar-refractivity contribution in [1.82, 2.24) is 14.8 Å². The Bertz CT molecular complexity index is 535. The van der Waals surface area contributed by atoms with Crippen LogP contribution in [0.2, 0.25) is 0 Å². The molecule has 2 aromatic rings. The van der Waals surface area contributed by atoms with E-state index >= 15 is 0 Å². The van der Waals surface area contributed by atoms with Crippen molar-refractivity contribution >= 4 is 34.7 Å². The first-order valence-electron chi connectivity index (χ1n) is 5.52. The molecule has 0 N–H and O–H groups in total. The van der Waals surface area contributed by atoms with Crippen LogP contribution >= 0.6 is 23.2 Å². The van der Waals surface area contributed by atoms with E-state index in [1.165, 1.54) is 17.3 Å². The second kappa shape index (κ2) is 5.98. The summed E-state index contributed by atoms with van der Waals surface area (Å²) in [6, 6.07) is 7.85. The Kier molecular flexibility index (Phi) is 4.33. The van der Waals surface area contributed by atoms with Gasteiger partial charge in [0.2, 0.25) is 0 Å². The maximum Gasteiger partial charge on any atom is 0.167 e. The molecule has 1 heterocycles. The number of benzene rings is 1. The lowest BCUT2D eigenvalue weighted by Crippen LogP contribution is -2.19. The van der Waals surface area contributed by atoms with Crippen LogP contribution < -0.4 is 0 Å². The summed E-state index contributed by atoms with van der Waals surface area (Å²) < 4.78 is 1.47. The highest BCUT2D eigenvalue weighted by Crippen LogP contribution is 2.21. The number of para-hydroxylation sites is 1. The molecule has 0 aliphatic heterocycles. The molecule has 0 amide bonds. The predicted molar refractivity (Wildman–Crippen MR) is 73.8 cm³/mol. The van der Waals surface area contributed by atoms with Gasteiger partial charge in [-0.15, -0.1) is 0 Å². The summed E-state index contributed by atoms with van der Waals surface area (Å²) in [6.45, 7) is 2.07. The van der Waals surface area contributed by atoms with Crippen LogP contribution in [0, 0.1) is 0 Å². The van der Waals surface area contributed by atoms with E-state index in [1.807, 2.05) is 24.3 Å². The zero-order valence-electron chi connectivity index (χ0n) is 9.79. The second-order valence-electron chi connectivity index (χ2n) is 3.59. The Morgan fingerprint density at radius 3 is 2.78 bits per heavy atom. The Morgan fingerprint density at radius 1 is 1.39 bits per heavy atom. The molecule has 4 nitrogen and oxygen atoms in total. The third-order valence-electron chi connectivity index (χ3n) is 2.46. The van der Waals surface area contributed by atoms with Crippen molar-refractivity contribution in [1.29, 1.82) is 0 Å². The van der Waals surface area contributed by atoms with Crippen LogP contribution in [0.25, 0.3) is 0 Å². The van der Waals surface area contributed by atoms with Crippen LogP contribution in [-0.4, -0.2) is 25.4 Å². The number of aromatic nitrogens is 3. The highest BCUT2D eigenvalue weighted by atomic mass is 35.5. The number of hydrogen-bond acceptors (Lipinski definition) is 3. The van der Waals surface area contributed by atoms with Crippen LogP contribution in [-0.2, 0) is 6.42 Å². The lowest BCUT2D eigenvalue weighted by Gasteiger charge is -2.08. The van der Waals surface area contributed by atoms with Gasteiger partial charge in [-0.25, -0.2) is 14.7 Å². The van der Waals surface area contributed by atoms with Crippen molar-refractivity contribution < 1.29 is 0 Å². The van der Waals surface area contributed by atoms with E-state index in [0.29, 0.717) is 5.84 Å². The monoisotopic (exact) mass is 282 g/mol. The van der Waals surface area contributed by atoms with E-state index in [0.717, 1.165) is 17.7 Å². The van der Waals surface area contributed by atoms with Crippen molar-refractivity contribution in [2.75, 3.05) is 0 Å². The van der Waals surface area contributed by atoms with Gasteiger partial charge >= 0.3 is 0 Å². The first-order valence-corrected chi connectivity index (χ1v) is 6.39. The van der Waals surface area contributed by atoms with Gasteiger partial charge in [0.05, 0.1) is 5.69 Å². The molecule has 0 saturated carbocycles. The molecular formula is C12H12Cl2N4. The molecule has 0 unspecified atom stereocenters. The van der Waals surface area contributed by atoms with E-state index in [9.17, 15) is 0 Å². The SMILES string of the molecule is CCc1ccccc1N=C(C(Cl)Cl)n1cncn1. The van der Waals surface area contributed by atoms with Gasteiger partial charge in [0.15, 0.2) is 10.7 Å². The average molecular weight is 283 g/mol. The quantitative estimate of drug-likeness (QED) is 0.493. The zero-order valence-corrected chi connectivity index (χ0v) is 11.3. The summed E-state index contributed by atoms with van der Waals surface area (Å²) in [5.74, 6) is 0.441. The fourth-order valence-corrected chi connectivity index (χ4v) is 1.87. The number of aryl methyl sites for hydroxylation is 1. The Labute approximate surface area is 115 Å². The number of rotatable bonds is 3. The van der Waals surface area contributed by atoms with Crippen LogP contribution in [0.4, 0.5) is 5.69 Å². The van der Waals surface area contributed by atoms with Gasteiger partial charge in [0.25, 0.3) is 0 Å². The van der Waals surface area contributed by atoms with Crippen LogP contribution in [0.3, 0.4) is 0 Å². The van der Waals surface area contributed by atoms with Gasteiger partial charge in [-0.1, -0.05) is 48.3 Å². The molecule has 18 heavy (non-hydrogen) atoms. The van der Waals surface area contributed by atoms with Gasteiger partial charge in [0.1, 0.15) is 12.7 Å². The van der Waals surface area contributed by atoms with Gasteiger partial charge < -0.3 is 0 Å². The molecular weight excluding hydrogens is 271 g/mol. The summed E-state index contributed by atoms with van der Waals surface area (Å²) in [5.41, 5.74) is 1.97. The van der Waals surface area contributed by atoms with Crippen molar-refractivity contribution in [3.8, 4) is 0 Å². The van der Waals surface area contributed by atoms with E-state index in [2.05, 4.69) is 22.0 Å². The fourth-order valence-electron chi connectivity index (χ4n) is 1.57. The number of aliphatic imine (C=N–C) groups is 1. The van der Waals surface area contributed by atoms with Crippen LogP contribution in [0.1, 0.15) is 12.5 Å². The topological polar surface area (TPSA) is 43.1 Å². The second-order valence-corrected chi connectivity index (χ2v) is 4.69. The largest absolute Gasteiger partial charge is 0.230 e. The van der Waals surface area contributed by atoms with Crippen molar-refractivity contribution in [3.05, 3.63) is 42.5 Å². The number of halogens is 2. The van der Waals surface area contributed by atoms with Crippen molar-refractivity contribution in [2.24, 2.45) is 4.99 Å². The van der Waals surface area contributed by atoms with E-state index in [1.54, 1.807) is 0 Å². The van der Waals surface area contributed by atoms with Gasteiger partial charge in [-0.2, -0.15) is 5.10 Å². The molecule has 1 aromatic heterocycles. The highest BCUT2D eigenvalue weighted by molar-refractivity contribution is 6.54. The van der Waals surface area contributed by atoms with Crippen LogP contribution in [0.5, 0.6) is 0 Å². The normalized spacial score (nSPS) is 12.1. The Hall–Kier alpha value is -1.39. The summed E-state index contributed by atoms with van der Waals surface area (Å²) >= 11 is 11.9.